The maximum absolute atomic E-state index is 12.6. The molecule has 24 heavy (non-hydrogen) atoms. The van der Waals surface area contributed by atoms with E-state index in [1.165, 1.54) is 9.13 Å². The second-order valence-corrected chi connectivity index (χ2v) is 7.06. The number of aromatic nitrogens is 4. The lowest BCUT2D eigenvalue weighted by Gasteiger charge is -2.38. The maximum atomic E-state index is 12.6. The largest absolute Gasteiger partial charge is 0.373 e. The number of hydrogen-bond donors (Lipinski definition) is 0. The molecule has 0 atom stereocenters. The molecule has 1 saturated heterocycles. The molecule has 2 aromatic heterocycles. The van der Waals surface area contributed by atoms with Crippen molar-refractivity contribution in [3.63, 3.8) is 0 Å². The van der Waals surface area contributed by atoms with Gasteiger partial charge >= 0.3 is 5.69 Å². The van der Waals surface area contributed by atoms with Crippen LogP contribution in [0.15, 0.2) is 15.9 Å². The molecule has 0 spiro atoms. The van der Waals surface area contributed by atoms with E-state index in [1.54, 1.807) is 25.0 Å². The van der Waals surface area contributed by atoms with E-state index in [0.717, 1.165) is 32.7 Å². The van der Waals surface area contributed by atoms with Gasteiger partial charge in [-0.3, -0.25) is 18.8 Å². The summed E-state index contributed by atoms with van der Waals surface area (Å²) >= 11 is 0. The number of fused-ring (bicyclic) bond motifs is 1. The minimum absolute atomic E-state index is 0.140. The van der Waals surface area contributed by atoms with Gasteiger partial charge in [0, 0.05) is 40.3 Å². The molecule has 0 aliphatic carbocycles. The van der Waals surface area contributed by atoms with Gasteiger partial charge in [-0.25, -0.2) is 9.78 Å². The Kier molecular flexibility index (Phi) is 4.35. The molecule has 1 fully saturated rings. The number of morpholine rings is 1. The van der Waals surface area contributed by atoms with Gasteiger partial charge in [0.25, 0.3) is 5.56 Å². The first-order chi connectivity index (χ1) is 11.3. The van der Waals surface area contributed by atoms with Crippen LogP contribution in [-0.4, -0.2) is 55.4 Å². The van der Waals surface area contributed by atoms with Crippen molar-refractivity contribution in [2.75, 3.05) is 26.2 Å². The van der Waals surface area contributed by atoms with E-state index >= 15 is 0 Å². The zero-order valence-electron chi connectivity index (χ0n) is 14.8. The first-order valence-corrected chi connectivity index (χ1v) is 8.27. The molecule has 0 radical (unpaired) electrons. The molecule has 1 aliphatic rings. The van der Waals surface area contributed by atoms with Crippen molar-refractivity contribution in [1.82, 2.24) is 23.6 Å². The van der Waals surface area contributed by atoms with E-state index in [0.29, 0.717) is 17.7 Å². The van der Waals surface area contributed by atoms with Gasteiger partial charge in [-0.05, 0) is 20.3 Å². The summed E-state index contributed by atoms with van der Waals surface area (Å²) in [4.78, 5) is 31.5. The quantitative estimate of drug-likeness (QED) is 0.782. The summed E-state index contributed by atoms with van der Waals surface area (Å²) in [7, 11) is 3.42. The SMILES string of the molecule is Cn1cnc2c1c(=O)n(CCCN1CCOC(C)(C)C1)c(=O)n2C. The zero-order chi connectivity index (χ0) is 17.5. The van der Waals surface area contributed by atoms with Gasteiger partial charge in [-0.15, -0.1) is 0 Å². The predicted octanol–water partition coefficient (Wildman–Crippen LogP) is -0.0654. The summed E-state index contributed by atoms with van der Waals surface area (Å²) in [5, 5.41) is 0. The second kappa shape index (κ2) is 6.18. The molecule has 132 valence electrons. The molecule has 0 unspecified atom stereocenters. The van der Waals surface area contributed by atoms with Crippen LogP contribution in [0.3, 0.4) is 0 Å². The molecule has 2 aromatic rings. The van der Waals surface area contributed by atoms with Gasteiger partial charge in [0.15, 0.2) is 11.2 Å². The highest BCUT2D eigenvalue weighted by Gasteiger charge is 2.26. The molecule has 0 aromatic carbocycles. The van der Waals surface area contributed by atoms with E-state index in [4.69, 9.17) is 4.74 Å². The molecular weight excluding hydrogens is 310 g/mol. The number of aryl methyl sites for hydroxylation is 2. The first-order valence-electron chi connectivity index (χ1n) is 8.27. The Labute approximate surface area is 140 Å². The summed E-state index contributed by atoms with van der Waals surface area (Å²) in [6, 6.07) is 0. The van der Waals surface area contributed by atoms with Crippen LogP contribution in [0.25, 0.3) is 11.2 Å². The highest BCUT2D eigenvalue weighted by atomic mass is 16.5. The topological polar surface area (TPSA) is 74.3 Å². The lowest BCUT2D eigenvalue weighted by molar-refractivity contribution is -0.0862. The molecule has 0 saturated carbocycles. The highest BCUT2D eigenvalue weighted by molar-refractivity contribution is 5.69. The van der Waals surface area contributed by atoms with Crippen LogP contribution < -0.4 is 11.2 Å². The second-order valence-electron chi connectivity index (χ2n) is 7.06. The Morgan fingerprint density at radius 2 is 2.00 bits per heavy atom. The van der Waals surface area contributed by atoms with E-state index in [9.17, 15) is 9.59 Å². The van der Waals surface area contributed by atoms with Gasteiger partial charge in [-0.1, -0.05) is 0 Å². The Morgan fingerprint density at radius 3 is 2.71 bits per heavy atom. The Balaban J connectivity index is 1.77. The average molecular weight is 335 g/mol. The molecule has 1 aliphatic heterocycles. The number of nitrogens with zero attached hydrogens (tertiary/aromatic N) is 5. The summed E-state index contributed by atoms with van der Waals surface area (Å²) in [6.07, 6.45) is 2.31. The molecule has 8 heteroatoms. The van der Waals surface area contributed by atoms with Gasteiger partial charge in [-0.2, -0.15) is 0 Å². The fourth-order valence-corrected chi connectivity index (χ4v) is 3.35. The van der Waals surface area contributed by atoms with Crippen LogP contribution in [0.4, 0.5) is 0 Å². The van der Waals surface area contributed by atoms with Crippen molar-refractivity contribution in [2.24, 2.45) is 14.1 Å². The van der Waals surface area contributed by atoms with Gasteiger partial charge < -0.3 is 9.30 Å². The molecule has 3 rings (SSSR count). The third kappa shape index (κ3) is 3.03. The predicted molar refractivity (Wildman–Crippen MR) is 91.3 cm³/mol. The van der Waals surface area contributed by atoms with Crippen molar-refractivity contribution >= 4 is 11.2 Å². The number of rotatable bonds is 4. The normalized spacial score (nSPS) is 18.3. The van der Waals surface area contributed by atoms with Crippen molar-refractivity contribution < 1.29 is 4.74 Å². The van der Waals surface area contributed by atoms with E-state index in [1.807, 2.05) is 0 Å². The van der Waals surface area contributed by atoms with E-state index in [-0.39, 0.29) is 16.9 Å². The van der Waals surface area contributed by atoms with Crippen LogP contribution >= 0.6 is 0 Å². The number of ether oxygens (including phenoxy) is 1. The van der Waals surface area contributed by atoms with Crippen LogP contribution in [0, 0.1) is 0 Å². The van der Waals surface area contributed by atoms with E-state index in [2.05, 4.69) is 23.7 Å². The van der Waals surface area contributed by atoms with Gasteiger partial charge in [0.1, 0.15) is 0 Å². The lowest BCUT2D eigenvalue weighted by atomic mass is 10.1. The maximum Gasteiger partial charge on any atom is 0.332 e. The smallest absolute Gasteiger partial charge is 0.332 e. The van der Waals surface area contributed by atoms with Gasteiger partial charge in [0.05, 0.1) is 18.5 Å². The third-order valence-corrected chi connectivity index (χ3v) is 4.56. The minimum atomic E-state index is -0.312. The van der Waals surface area contributed by atoms with Gasteiger partial charge in [0.2, 0.25) is 0 Å². The molecule has 0 amide bonds. The Bertz CT molecular complexity index is 861. The fraction of sp³-hybridized carbons (Fsp3) is 0.688. The standard InChI is InChI=1S/C16H25N5O3/c1-16(2)10-20(8-9-24-16)6-5-7-21-14(22)12-13(17-11-18(12)3)19(4)15(21)23/h11H,5-10H2,1-4H3. The van der Waals surface area contributed by atoms with Crippen molar-refractivity contribution in [3.05, 3.63) is 27.2 Å². The third-order valence-electron chi connectivity index (χ3n) is 4.56. The Morgan fingerprint density at radius 1 is 1.25 bits per heavy atom. The van der Waals surface area contributed by atoms with Crippen LogP contribution in [0.1, 0.15) is 20.3 Å². The van der Waals surface area contributed by atoms with Crippen LogP contribution in [0.5, 0.6) is 0 Å². The molecule has 8 nitrogen and oxygen atoms in total. The molecule has 0 bridgehead atoms. The fourth-order valence-electron chi connectivity index (χ4n) is 3.35. The molecular formula is C16H25N5O3. The summed E-state index contributed by atoms with van der Waals surface area (Å²) in [5.41, 5.74) is 0.172. The highest BCUT2D eigenvalue weighted by Crippen LogP contribution is 2.16. The summed E-state index contributed by atoms with van der Waals surface area (Å²) in [6.45, 7) is 7.87. The van der Waals surface area contributed by atoms with Crippen molar-refractivity contribution in [1.29, 1.82) is 0 Å². The lowest BCUT2D eigenvalue weighted by Crippen LogP contribution is -2.48. The van der Waals surface area contributed by atoms with Crippen molar-refractivity contribution in [3.8, 4) is 0 Å². The van der Waals surface area contributed by atoms with Crippen molar-refractivity contribution in [2.45, 2.75) is 32.4 Å². The Hall–Kier alpha value is -1.93. The molecule has 3 heterocycles. The summed E-state index contributed by atoms with van der Waals surface area (Å²) < 4.78 is 10.1. The zero-order valence-corrected chi connectivity index (χ0v) is 14.8. The molecule has 0 N–H and O–H groups in total. The average Bonchev–Trinajstić information content (AvgIpc) is 2.90. The van der Waals surface area contributed by atoms with Crippen LogP contribution in [-0.2, 0) is 25.4 Å². The summed E-state index contributed by atoms with van der Waals surface area (Å²) in [5.74, 6) is 0. The van der Waals surface area contributed by atoms with E-state index < -0.39 is 0 Å². The first kappa shape index (κ1) is 16.9. The number of imidazole rings is 1. The van der Waals surface area contributed by atoms with Crippen LogP contribution in [0.2, 0.25) is 0 Å². The number of hydrogen-bond acceptors (Lipinski definition) is 5. The monoisotopic (exact) mass is 335 g/mol. The minimum Gasteiger partial charge on any atom is -0.373 e.